The van der Waals surface area contributed by atoms with E-state index in [4.69, 9.17) is 0 Å². The standard InChI is InChI=1S/C17H18N2O/c20-17(19-12-13-6-8-18-9-7-13)11-14-4-5-15-2-1-3-16(15)10-14/h4-10H,1-3,11-12H2,(H,19,20). The molecule has 3 rings (SSSR count). The van der Waals surface area contributed by atoms with Crippen LogP contribution < -0.4 is 5.32 Å². The quantitative estimate of drug-likeness (QED) is 0.923. The zero-order valence-corrected chi connectivity index (χ0v) is 11.4. The van der Waals surface area contributed by atoms with Crippen LogP contribution in [0.25, 0.3) is 0 Å². The van der Waals surface area contributed by atoms with Crippen molar-refractivity contribution in [1.82, 2.24) is 10.3 Å². The average molecular weight is 266 g/mol. The number of fused-ring (bicyclic) bond motifs is 1. The third kappa shape index (κ3) is 3.05. The molecule has 0 bridgehead atoms. The summed E-state index contributed by atoms with van der Waals surface area (Å²) in [6.07, 6.45) is 7.51. The zero-order valence-electron chi connectivity index (χ0n) is 11.4. The average Bonchev–Trinajstić information content (AvgIpc) is 2.94. The van der Waals surface area contributed by atoms with Gasteiger partial charge in [-0.3, -0.25) is 9.78 Å². The first-order valence-corrected chi connectivity index (χ1v) is 7.07. The third-order valence-electron chi connectivity index (χ3n) is 3.77. The first-order chi connectivity index (χ1) is 9.81. The first-order valence-electron chi connectivity index (χ1n) is 7.07. The SMILES string of the molecule is O=C(Cc1ccc2c(c1)CCC2)NCc1ccncc1. The smallest absolute Gasteiger partial charge is 0.224 e. The van der Waals surface area contributed by atoms with Gasteiger partial charge < -0.3 is 5.32 Å². The van der Waals surface area contributed by atoms with Gasteiger partial charge in [0.1, 0.15) is 0 Å². The summed E-state index contributed by atoms with van der Waals surface area (Å²) >= 11 is 0. The topological polar surface area (TPSA) is 42.0 Å². The number of aromatic nitrogens is 1. The highest BCUT2D eigenvalue weighted by Gasteiger charge is 2.12. The van der Waals surface area contributed by atoms with Gasteiger partial charge in [-0.2, -0.15) is 0 Å². The Labute approximate surface area is 119 Å². The molecule has 3 nitrogen and oxygen atoms in total. The fourth-order valence-electron chi connectivity index (χ4n) is 2.68. The van der Waals surface area contributed by atoms with E-state index in [1.165, 1.54) is 24.0 Å². The van der Waals surface area contributed by atoms with Gasteiger partial charge in [-0.05, 0) is 53.6 Å². The van der Waals surface area contributed by atoms with E-state index in [0.29, 0.717) is 13.0 Å². The van der Waals surface area contributed by atoms with Crippen LogP contribution in [-0.2, 0) is 30.6 Å². The highest BCUT2D eigenvalue weighted by molar-refractivity contribution is 5.78. The molecule has 3 heteroatoms. The number of hydrogen-bond donors (Lipinski definition) is 1. The largest absolute Gasteiger partial charge is 0.352 e. The molecule has 1 aliphatic carbocycles. The summed E-state index contributed by atoms with van der Waals surface area (Å²) in [5, 5.41) is 2.95. The van der Waals surface area contributed by atoms with Gasteiger partial charge >= 0.3 is 0 Å². The molecule has 1 aliphatic rings. The maximum atomic E-state index is 12.0. The van der Waals surface area contributed by atoms with Crippen molar-refractivity contribution in [3.8, 4) is 0 Å². The molecule has 102 valence electrons. The fraction of sp³-hybridized carbons (Fsp3) is 0.294. The van der Waals surface area contributed by atoms with E-state index in [9.17, 15) is 4.79 Å². The Bertz CT molecular complexity index is 608. The van der Waals surface area contributed by atoms with Crippen LogP contribution >= 0.6 is 0 Å². The Balaban J connectivity index is 1.56. The van der Waals surface area contributed by atoms with Crippen LogP contribution in [0.5, 0.6) is 0 Å². The molecule has 0 radical (unpaired) electrons. The molecule has 2 aromatic rings. The van der Waals surface area contributed by atoms with Gasteiger partial charge in [-0.25, -0.2) is 0 Å². The van der Waals surface area contributed by atoms with E-state index in [-0.39, 0.29) is 5.91 Å². The molecule has 0 atom stereocenters. The number of rotatable bonds is 4. The predicted molar refractivity (Wildman–Crippen MR) is 78.3 cm³/mol. The minimum absolute atomic E-state index is 0.0692. The number of carbonyl (C=O) groups excluding carboxylic acids is 1. The van der Waals surface area contributed by atoms with Crippen LogP contribution in [-0.4, -0.2) is 10.9 Å². The molecule has 1 heterocycles. The van der Waals surface area contributed by atoms with Crippen LogP contribution in [0.1, 0.15) is 28.7 Å². The second-order valence-corrected chi connectivity index (χ2v) is 5.27. The molecule has 0 unspecified atom stereocenters. The molecule has 0 fully saturated rings. The van der Waals surface area contributed by atoms with Gasteiger partial charge in [0.25, 0.3) is 0 Å². The van der Waals surface area contributed by atoms with Crippen molar-refractivity contribution in [3.63, 3.8) is 0 Å². The van der Waals surface area contributed by atoms with E-state index in [0.717, 1.165) is 17.5 Å². The predicted octanol–water partition coefficient (Wildman–Crippen LogP) is 2.43. The highest BCUT2D eigenvalue weighted by atomic mass is 16.1. The summed E-state index contributed by atoms with van der Waals surface area (Å²) in [6, 6.07) is 10.3. The number of carbonyl (C=O) groups is 1. The van der Waals surface area contributed by atoms with E-state index in [2.05, 4.69) is 28.5 Å². The third-order valence-corrected chi connectivity index (χ3v) is 3.77. The molecule has 1 N–H and O–H groups in total. The number of aryl methyl sites for hydroxylation is 2. The summed E-state index contributed by atoms with van der Waals surface area (Å²) in [6.45, 7) is 0.562. The Hall–Kier alpha value is -2.16. The fourth-order valence-corrected chi connectivity index (χ4v) is 2.68. The number of pyridine rings is 1. The van der Waals surface area contributed by atoms with E-state index in [1.54, 1.807) is 12.4 Å². The molecule has 0 saturated heterocycles. The van der Waals surface area contributed by atoms with Crippen molar-refractivity contribution in [2.24, 2.45) is 0 Å². The maximum Gasteiger partial charge on any atom is 0.224 e. The molecular weight excluding hydrogens is 248 g/mol. The first kappa shape index (κ1) is 12.9. The summed E-state index contributed by atoms with van der Waals surface area (Å²) in [5.74, 6) is 0.0692. The van der Waals surface area contributed by atoms with Gasteiger partial charge in [0, 0.05) is 18.9 Å². The lowest BCUT2D eigenvalue weighted by Crippen LogP contribution is -2.24. The van der Waals surface area contributed by atoms with Crippen LogP contribution in [0.4, 0.5) is 0 Å². The zero-order chi connectivity index (χ0) is 13.8. The number of benzene rings is 1. The van der Waals surface area contributed by atoms with Crippen molar-refractivity contribution >= 4 is 5.91 Å². The highest BCUT2D eigenvalue weighted by Crippen LogP contribution is 2.22. The van der Waals surface area contributed by atoms with Crippen LogP contribution in [0.2, 0.25) is 0 Å². The van der Waals surface area contributed by atoms with Crippen LogP contribution in [0, 0.1) is 0 Å². The minimum atomic E-state index is 0.0692. The molecule has 1 amide bonds. The second kappa shape index (κ2) is 5.87. The van der Waals surface area contributed by atoms with Gasteiger partial charge in [0.15, 0.2) is 0 Å². The number of hydrogen-bond acceptors (Lipinski definition) is 2. The Morgan fingerprint density at radius 3 is 2.70 bits per heavy atom. The lowest BCUT2D eigenvalue weighted by molar-refractivity contribution is -0.120. The van der Waals surface area contributed by atoms with Crippen molar-refractivity contribution in [2.75, 3.05) is 0 Å². The van der Waals surface area contributed by atoms with Crippen LogP contribution in [0.15, 0.2) is 42.7 Å². The number of amides is 1. The van der Waals surface area contributed by atoms with Crippen molar-refractivity contribution in [3.05, 3.63) is 65.0 Å². The van der Waals surface area contributed by atoms with Gasteiger partial charge in [-0.15, -0.1) is 0 Å². The van der Waals surface area contributed by atoms with Crippen molar-refractivity contribution < 1.29 is 4.79 Å². The van der Waals surface area contributed by atoms with Crippen molar-refractivity contribution in [1.29, 1.82) is 0 Å². The summed E-state index contributed by atoms with van der Waals surface area (Å²) in [5.41, 5.74) is 5.05. The monoisotopic (exact) mass is 266 g/mol. The lowest BCUT2D eigenvalue weighted by atomic mass is 10.0. The molecule has 1 aromatic heterocycles. The van der Waals surface area contributed by atoms with Gasteiger partial charge in [0.2, 0.25) is 5.91 Å². The van der Waals surface area contributed by atoms with E-state index in [1.807, 2.05) is 12.1 Å². The Morgan fingerprint density at radius 2 is 1.85 bits per heavy atom. The maximum absolute atomic E-state index is 12.0. The van der Waals surface area contributed by atoms with Crippen molar-refractivity contribution in [2.45, 2.75) is 32.2 Å². The lowest BCUT2D eigenvalue weighted by Gasteiger charge is -2.07. The minimum Gasteiger partial charge on any atom is -0.352 e. The second-order valence-electron chi connectivity index (χ2n) is 5.27. The Morgan fingerprint density at radius 1 is 1.05 bits per heavy atom. The molecule has 20 heavy (non-hydrogen) atoms. The van der Waals surface area contributed by atoms with Gasteiger partial charge in [-0.1, -0.05) is 18.2 Å². The molecular formula is C17H18N2O. The normalized spacial score (nSPS) is 13.0. The number of nitrogens with zero attached hydrogens (tertiary/aromatic N) is 1. The summed E-state index contributed by atoms with van der Waals surface area (Å²) < 4.78 is 0. The van der Waals surface area contributed by atoms with Crippen LogP contribution in [0.3, 0.4) is 0 Å². The molecule has 0 spiro atoms. The molecule has 1 aromatic carbocycles. The summed E-state index contributed by atoms with van der Waals surface area (Å²) in [7, 11) is 0. The van der Waals surface area contributed by atoms with E-state index >= 15 is 0 Å². The molecule has 0 aliphatic heterocycles. The Kier molecular flexibility index (Phi) is 3.77. The van der Waals surface area contributed by atoms with E-state index < -0.39 is 0 Å². The molecule has 0 saturated carbocycles. The number of nitrogens with one attached hydrogen (secondary N) is 1. The van der Waals surface area contributed by atoms with Gasteiger partial charge in [0.05, 0.1) is 6.42 Å². The summed E-state index contributed by atoms with van der Waals surface area (Å²) in [4.78, 5) is 15.9.